The van der Waals surface area contributed by atoms with E-state index in [0.717, 1.165) is 0 Å². The Morgan fingerprint density at radius 1 is 0.548 bits per heavy atom. The third kappa shape index (κ3) is 7.70. The van der Waals surface area contributed by atoms with Crippen LogP contribution in [0, 0.1) is 4.91 Å². The van der Waals surface area contributed by atoms with Crippen LogP contribution >= 0.6 is 23.5 Å². The first kappa shape index (κ1) is 30.3. The average Bonchev–Trinajstić information content (AvgIpc) is 2.55. The van der Waals surface area contributed by atoms with Crippen molar-refractivity contribution in [1.29, 1.82) is 0 Å². The highest BCUT2D eigenvalue weighted by atomic mass is 32.2. The van der Waals surface area contributed by atoms with Gasteiger partial charge in [-0.3, -0.25) is 0 Å². The third-order valence-electron chi connectivity index (χ3n) is 3.75. The fourth-order valence-electron chi connectivity index (χ4n) is 1.86. The summed E-state index contributed by atoms with van der Waals surface area (Å²) in [5, 5.41) is 2.38. The van der Waals surface area contributed by atoms with Crippen LogP contribution in [0.2, 0.25) is 0 Å². The van der Waals surface area contributed by atoms with Crippen LogP contribution in [0.15, 0.2) is 5.18 Å². The summed E-state index contributed by atoms with van der Waals surface area (Å²) in [6.45, 7) is 0. The van der Waals surface area contributed by atoms with E-state index in [1.54, 1.807) is 0 Å². The molecule has 0 amide bonds. The molecule has 18 heteroatoms. The number of hydrogen-bond acceptors (Lipinski definition) is 4. The summed E-state index contributed by atoms with van der Waals surface area (Å²) in [5.74, 6) is -3.35. The van der Waals surface area contributed by atoms with Gasteiger partial charge in [-0.2, -0.15) is 81.1 Å². The highest BCUT2D eigenvalue weighted by Crippen LogP contribution is 2.50. The van der Waals surface area contributed by atoms with E-state index in [9.17, 15) is 66.4 Å². The molecule has 0 aromatic carbocycles. The van der Waals surface area contributed by atoms with Gasteiger partial charge in [0.2, 0.25) is 0 Å². The largest absolute Gasteiger partial charge is 0.431 e. The lowest BCUT2D eigenvalue weighted by atomic mass is 10.0. The number of thioether (sulfide) groups is 2. The molecule has 0 saturated carbocycles. The van der Waals surface area contributed by atoms with Gasteiger partial charge in [0.25, 0.3) is 11.3 Å². The van der Waals surface area contributed by atoms with Gasteiger partial charge in [0, 0.05) is 24.3 Å². The molecular formula is C13H13F14NOS2. The quantitative estimate of drug-likeness (QED) is 0.164. The van der Waals surface area contributed by atoms with Crippen molar-refractivity contribution in [2.75, 3.05) is 23.0 Å². The molecule has 0 aromatic rings. The molecule has 0 aromatic heterocycles. The maximum atomic E-state index is 13.4. The van der Waals surface area contributed by atoms with Crippen molar-refractivity contribution < 1.29 is 61.5 Å². The van der Waals surface area contributed by atoms with Crippen LogP contribution < -0.4 is 0 Å². The Bertz CT molecular complexity index is 497. The van der Waals surface area contributed by atoms with Crippen LogP contribution in [0.5, 0.6) is 0 Å². The highest BCUT2D eigenvalue weighted by molar-refractivity contribution is 8.00. The summed E-state index contributed by atoms with van der Waals surface area (Å²) < 4.78 is 175. The van der Waals surface area contributed by atoms with Crippen LogP contribution in [-0.2, 0) is 0 Å². The molecule has 0 spiro atoms. The second-order valence-electron chi connectivity index (χ2n) is 6.00. The van der Waals surface area contributed by atoms with Crippen LogP contribution in [-0.4, -0.2) is 65.1 Å². The molecule has 0 saturated heterocycles. The molecule has 2 nitrogen and oxygen atoms in total. The first-order valence-corrected chi connectivity index (χ1v) is 10.1. The lowest BCUT2D eigenvalue weighted by molar-refractivity contribution is -0.342. The first-order valence-electron chi connectivity index (χ1n) is 7.76. The number of rotatable bonds is 11. The predicted octanol–water partition coefficient (Wildman–Crippen LogP) is 7.03. The van der Waals surface area contributed by atoms with Gasteiger partial charge in [-0.15, -0.1) is 0 Å². The van der Waals surface area contributed by atoms with Crippen molar-refractivity contribution in [2.24, 2.45) is 5.18 Å². The molecule has 0 rings (SSSR count). The molecule has 0 N–H and O–H groups in total. The number of hydrogen-bond donors (Lipinski definition) is 0. The number of halogens is 14. The van der Waals surface area contributed by atoms with Crippen LogP contribution in [0.4, 0.5) is 61.5 Å². The van der Waals surface area contributed by atoms with Gasteiger partial charge in [0.1, 0.15) is 6.04 Å². The molecule has 0 aliphatic rings. The Hall–Kier alpha value is -0.680. The Morgan fingerprint density at radius 3 is 1.00 bits per heavy atom. The molecule has 0 unspecified atom stereocenters. The Balaban J connectivity index is 4.66. The molecular weight excluding hydrogens is 516 g/mol. The highest BCUT2D eigenvalue weighted by Gasteiger charge is 2.72. The van der Waals surface area contributed by atoms with Crippen LogP contribution in [0.25, 0.3) is 0 Å². The van der Waals surface area contributed by atoms with E-state index in [0.29, 0.717) is 0 Å². The number of nitrogens with zero attached hydrogens (tertiary/aromatic N) is 1. The average molecular weight is 529 g/mol. The number of alkyl halides is 14. The number of nitroso groups, excluding NO2 is 1. The summed E-state index contributed by atoms with van der Waals surface area (Å²) in [6.07, 6.45) is -29.2. The fourth-order valence-corrected chi connectivity index (χ4v) is 4.10. The summed E-state index contributed by atoms with van der Waals surface area (Å²) in [5.41, 5.74) is -11.0. The van der Waals surface area contributed by atoms with E-state index >= 15 is 0 Å². The zero-order valence-corrected chi connectivity index (χ0v) is 16.4. The van der Waals surface area contributed by atoms with Gasteiger partial charge in [-0.05, 0) is 11.5 Å². The molecule has 0 fully saturated rings. The summed E-state index contributed by atoms with van der Waals surface area (Å²) >= 11 is 0.472. The van der Waals surface area contributed by atoms with Gasteiger partial charge < -0.3 is 0 Å². The third-order valence-corrected chi connectivity index (χ3v) is 5.98. The molecule has 31 heavy (non-hydrogen) atoms. The fraction of sp³-hybridized carbons (Fsp3) is 1.00. The smallest absolute Gasteiger partial charge is 0.224 e. The molecule has 0 aliphatic heterocycles. The van der Waals surface area contributed by atoms with Crippen LogP contribution in [0.3, 0.4) is 0 Å². The van der Waals surface area contributed by atoms with Gasteiger partial charge in [-0.25, -0.2) is 8.78 Å². The molecule has 186 valence electrons. The summed E-state index contributed by atoms with van der Waals surface area (Å²) in [4.78, 5) is 10.6. The predicted molar refractivity (Wildman–Crippen MR) is 85.4 cm³/mol. The zero-order valence-electron chi connectivity index (χ0n) is 14.8. The lowest BCUT2D eigenvalue weighted by Crippen LogP contribution is -2.53. The van der Waals surface area contributed by atoms with Crippen molar-refractivity contribution in [2.45, 2.75) is 54.9 Å². The van der Waals surface area contributed by atoms with E-state index in [2.05, 4.69) is 5.18 Å². The Morgan fingerprint density at radius 2 is 0.806 bits per heavy atom. The van der Waals surface area contributed by atoms with Crippen molar-refractivity contribution in [3.05, 3.63) is 4.91 Å². The van der Waals surface area contributed by atoms with E-state index in [4.69, 9.17) is 0 Å². The summed E-state index contributed by atoms with van der Waals surface area (Å²) in [7, 11) is 0. The maximum absolute atomic E-state index is 13.4. The van der Waals surface area contributed by atoms with E-state index in [1.165, 1.54) is 0 Å². The topological polar surface area (TPSA) is 29.4 Å². The Kier molecular flexibility index (Phi) is 10.3. The zero-order chi connectivity index (χ0) is 24.9. The van der Waals surface area contributed by atoms with E-state index in [-0.39, 0.29) is 23.5 Å². The van der Waals surface area contributed by atoms with E-state index in [1.807, 2.05) is 0 Å². The second-order valence-corrected chi connectivity index (χ2v) is 8.30. The minimum Gasteiger partial charge on any atom is -0.224 e. The molecule has 0 radical (unpaired) electrons. The van der Waals surface area contributed by atoms with Gasteiger partial charge in [0.05, 0.1) is 0 Å². The van der Waals surface area contributed by atoms with Gasteiger partial charge in [0.15, 0.2) is 0 Å². The molecule has 0 bridgehead atoms. The Labute approximate surface area is 173 Å². The normalized spacial score (nSPS) is 14.9. The van der Waals surface area contributed by atoms with Crippen molar-refractivity contribution in [3.8, 4) is 0 Å². The monoisotopic (exact) mass is 529 g/mol. The minimum absolute atomic E-state index is 0.236. The van der Waals surface area contributed by atoms with Crippen molar-refractivity contribution in [1.82, 2.24) is 0 Å². The van der Waals surface area contributed by atoms with E-state index < -0.39 is 77.9 Å². The molecule has 0 aliphatic carbocycles. The SMILES string of the molecule is O=NC(CSCCC(F)(C(F)(F)F)C(F)(F)F)CSCCC(F)(C(F)(F)F)C(F)(F)F. The van der Waals surface area contributed by atoms with Gasteiger partial charge in [-0.1, -0.05) is 5.18 Å². The summed E-state index contributed by atoms with van der Waals surface area (Å²) in [6, 6.07) is -1.45. The van der Waals surface area contributed by atoms with Crippen molar-refractivity contribution in [3.63, 3.8) is 0 Å². The molecule has 0 heterocycles. The van der Waals surface area contributed by atoms with Crippen molar-refractivity contribution >= 4 is 23.5 Å². The lowest BCUT2D eigenvalue weighted by Gasteiger charge is -2.30. The minimum atomic E-state index is -6.26. The van der Waals surface area contributed by atoms with Crippen LogP contribution in [0.1, 0.15) is 12.8 Å². The standard InChI is InChI=1S/C13H13F14NOS2/c14-8(10(16,17)18,11(19,20)21)1-3-30-5-7(28-29)6-31-4-2-9(15,12(22,23)24)13(25,26)27/h7H,1-6H2. The first-order chi connectivity index (χ1) is 13.6. The maximum Gasteiger partial charge on any atom is 0.431 e. The van der Waals surface area contributed by atoms with Gasteiger partial charge >= 0.3 is 24.7 Å². The molecule has 0 atom stereocenters. The second kappa shape index (κ2) is 10.5.